The number of aryl methyl sites for hydroxylation is 1. The Bertz CT molecular complexity index is 1250. The van der Waals surface area contributed by atoms with Gasteiger partial charge in [-0.05, 0) is 71.3 Å². The first kappa shape index (κ1) is 18.9. The lowest BCUT2D eigenvalue weighted by Crippen LogP contribution is -2.37. The van der Waals surface area contributed by atoms with E-state index in [1.807, 2.05) is 25.1 Å². The zero-order valence-corrected chi connectivity index (χ0v) is 17.2. The Labute approximate surface area is 176 Å². The second-order valence-corrected chi connectivity index (χ2v) is 8.29. The van der Waals surface area contributed by atoms with Crippen LogP contribution in [0.25, 0.3) is 21.5 Å². The number of nitrogens with zero attached hydrogens (tertiary/aromatic N) is 1. The minimum atomic E-state index is -0.0517. The monoisotopic (exact) mass is 398 g/mol. The van der Waals surface area contributed by atoms with Gasteiger partial charge in [0.2, 0.25) is 0 Å². The second kappa shape index (κ2) is 7.96. The number of fused-ring (bicyclic) bond motifs is 2. The number of hydrogen-bond acceptors (Lipinski definition) is 3. The topological polar surface area (TPSA) is 45.3 Å². The minimum absolute atomic E-state index is 0.0517. The van der Waals surface area contributed by atoms with Gasteiger partial charge in [0, 0.05) is 31.2 Å². The number of hydrogen-bond donors (Lipinski definition) is 1. The molecule has 1 fully saturated rings. The molecule has 4 heteroatoms. The number of rotatable bonds is 4. The third-order valence-corrected chi connectivity index (χ3v) is 6.12. The summed E-state index contributed by atoms with van der Waals surface area (Å²) >= 11 is 0. The smallest absolute Gasteiger partial charge is 0.255 e. The molecule has 30 heavy (non-hydrogen) atoms. The van der Waals surface area contributed by atoms with E-state index in [2.05, 4.69) is 52.3 Å². The average Bonchev–Trinajstić information content (AvgIpc) is 2.76. The van der Waals surface area contributed by atoms with Gasteiger partial charge in [0.1, 0.15) is 11.9 Å². The first-order valence-electron chi connectivity index (χ1n) is 10.6. The number of benzene rings is 3. The van der Waals surface area contributed by atoms with Gasteiger partial charge in [0.15, 0.2) is 0 Å². The van der Waals surface area contributed by atoms with Gasteiger partial charge in [-0.25, -0.2) is 0 Å². The fourth-order valence-electron chi connectivity index (χ4n) is 4.41. The van der Waals surface area contributed by atoms with E-state index in [1.165, 1.54) is 16.3 Å². The maximum absolute atomic E-state index is 12.0. The largest absolute Gasteiger partial charge is 0.490 e. The van der Waals surface area contributed by atoms with Crippen molar-refractivity contribution in [3.05, 3.63) is 88.3 Å². The molecule has 0 atom stereocenters. The zero-order chi connectivity index (χ0) is 20.5. The van der Waals surface area contributed by atoms with Crippen LogP contribution in [0.5, 0.6) is 5.75 Å². The number of H-pyrrole nitrogens is 1. The Morgan fingerprint density at radius 2 is 1.77 bits per heavy atom. The van der Waals surface area contributed by atoms with E-state index in [-0.39, 0.29) is 11.7 Å². The Morgan fingerprint density at radius 1 is 0.967 bits per heavy atom. The number of pyridine rings is 1. The van der Waals surface area contributed by atoms with Crippen molar-refractivity contribution in [2.75, 3.05) is 13.1 Å². The first-order valence-corrected chi connectivity index (χ1v) is 10.6. The molecule has 5 rings (SSSR count). The van der Waals surface area contributed by atoms with E-state index < -0.39 is 0 Å². The lowest BCUT2D eigenvalue weighted by Gasteiger charge is -2.32. The molecular formula is C26H26N2O2. The molecule has 1 aliphatic heterocycles. The predicted molar refractivity (Wildman–Crippen MR) is 122 cm³/mol. The SMILES string of the molecule is Cc1cc2c(=O)[nH]ccc2cc1OC1CCN(Cc2ccc3ccccc3c2)CC1. The van der Waals surface area contributed by atoms with Gasteiger partial charge >= 0.3 is 0 Å². The van der Waals surface area contributed by atoms with Crippen molar-refractivity contribution in [3.63, 3.8) is 0 Å². The summed E-state index contributed by atoms with van der Waals surface area (Å²) in [5.74, 6) is 0.890. The summed E-state index contributed by atoms with van der Waals surface area (Å²) in [6.07, 6.45) is 3.94. The molecule has 1 aromatic heterocycles. The number of aromatic nitrogens is 1. The quantitative estimate of drug-likeness (QED) is 0.524. The third kappa shape index (κ3) is 3.83. The van der Waals surface area contributed by atoms with Crippen LogP contribution in [0.15, 0.2) is 71.7 Å². The molecule has 0 radical (unpaired) electrons. The molecule has 152 valence electrons. The number of ether oxygens (including phenoxy) is 1. The molecule has 1 aliphatic rings. The Hall–Kier alpha value is -3.11. The van der Waals surface area contributed by atoms with E-state index in [1.54, 1.807) is 6.20 Å². The fourth-order valence-corrected chi connectivity index (χ4v) is 4.41. The van der Waals surface area contributed by atoms with E-state index in [9.17, 15) is 4.79 Å². The van der Waals surface area contributed by atoms with Crippen molar-refractivity contribution in [1.82, 2.24) is 9.88 Å². The van der Waals surface area contributed by atoms with Gasteiger partial charge in [-0.1, -0.05) is 36.4 Å². The molecule has 4 nitrogen and oxygen atoms in total. The molecule has 0 bridgehead atoms. The highest BCUT2D eigenvalue weighted by atomic mass is 16.5. The summed E-state index contributed by atoms with van der Waals surface area (Å²) < 4.78 is 6.35. The summed E-state index contributed by atoms with van der Waals surface area (Å²) in [6.45, 7) is 5.05. The Morgan fingerprint density at radius 3 is 2.60 bits per heavy atom. The Balaban J connectivity index is 1.23. The highest BCUT2D eigenvalue weighted by Crippen LogP contribution is 2.27. The lowest BCUT2D eigenvalue weighted by atomic mass is 10.0. The van der Waals surface area contributed by atoms with Gasteiger partial charge in [0.05, 0.1) is 0 Å². The predicted octanol–water partition coefficient (Wildman–Crippen LogP) is 5.03. The summed E-state index contributed by atoms with van der Waals surface area (Å²) in [6, 6.07) is 21.1. The number of nitrogens with one attached hydrogen (secondary N) is 1. The molecule has 2 heterocycles. The summed E-state index contributed by atoms with van der Waals surface area (Å²) in [7, 11) is 0. The molecule has 4 aromatic rings. The van der Waals surface area contributed by atoms with Crippen LogP contribution < -0.4 is 10.3 Å². The van der Waals surface area contributed by atoms with Gasteiger partial charge < -0.3 is 9.72 Å². The summed E-state index contributed by atoms with van der Waals surface area (Å²) in [4.78, 5) is 17.2. The fraction of sp³-hybridized carbons (Fsp3) is 0.269. The number of aromatic amines is 1. The molecule has 0 amide bonds. The first-order chi connectivity index (χ1) is 14.7. The van der Waals surface area contributed by atoms with Crippen molar-refractivity contribution in [3.8, 4) is 5.75 Å². The van der Waals surface area contributed by atoms with Crippen molar-refractivity contribution >= 4 is 21.5 Å². The number of likely N-dealkylation sites (tertiary alicyclic amines) is 1. The van der Waals surface area contributed by atoms with Crippen LogP contribution in [0.4, 0.5) is 0 Å². The molecule has 0 spiro atoms. The molecule has 0 aliphatic carbocycles. The van der Waals surface area contributed by atoms with Gasteiger partial charge in [-0.3, -0.25) is 9.69 Å². The highest BCUT2D eigenvalue weighted by Gasteiger charge is 2.21. The van der Waals surface area contributed by atoms with E-state index >= 15 is 0 Å². The molecule has 0 unspecified atom stereocenters. The molecule has 3 aromatic carbocycles. The van der Waals surface area contributed by atoms with Gasteiger partial charge in [0.25, 0.3) is 5.56 Å². The Kier molecular flexibility index (Phi) is 5.01. The third-order valence-electron chi connectivity index (χ3n) is 6.12. The van der Waals surface area contributed by atoms with E-state index in [0.29, 0.717) is 5.39 Å². The van der Waals surface area contributed by atoms with E-state index in [4.69, 9.17) is 4.74 Å². The normalized spacial score (nSPS) is 15.6. The highest BCUT2D eigenvalue weighted by molar-refractivity contribution is 5.84. The number of piperidine rings is 1. The maximum atomic E-state index is 12.0. The van der Waals surface area contributed by atoms with Gasteiger partial charge in [-0.2, -0.15) is 0 Å². The van der Waals surface area contributed by atoms with Crippen LogP contribution in [0.1, 0.15) is 24.0 Å². The second-order valence-electron chi connectivity index (χ2n) is 8.29. The maximum Gasteiger partial charge on any atom is 0.255 e. The van der Waals surface area contributed by atoms with Crippen LogP contribution >= 0.6 is 0 Å². The molecular weight excluding hydrogens is 372 g/mol. The lowest BCUT2D eigenvalue weighted by molar-refractivity contribution is 0.0964. The summed E-state index contributed by atoms with van der Waals surface area (Å²) in [5.41, 5.74) is 2.32. The standard InChI is InChI=1S/C26H26N2O2/c1-18-14-24-22(8-11-27-26(24)29)16-25(18)30-23-9-12-28(13-10-23)17-19-6-7-20-4-2-3-5-21(20)15-19/h2-8,11,14-16,23H,9-10,12-13,17H2,1H3,(H,27,29). The molecule has 1 saturated heterocycles. The van der Waals surface area contributed by atoms with Crippen molar-refractivity contribution in [2.45, 2.75) is 32.4 Å². The van der Waals surface area contributed by atoms with Crippen LogP contribution in [0.2, 0.25) is 0 Å². The van der Waals surface area contributed by atoms with Crippen molar-refractivity contribution < 1.29 is 4.74 Å². The molecule has 0 saturated carbocycles. The zero-order valence-electron chi connectivity index (χ0n) is 17.2. The molecule has 1 N–H and O–H groups in total. The summed E-state index contributed by atoms with van der Waals surface area (Å²) in [5, 5.41) is 4.24. The average molecular weight is 399 g/mol. The van der Waals surface area contributed by atoms with Crippen LogP contribution in [0.3, 0.4) is 0 Å². The van der Waals surface area contributed by atoms with Crippen LogP contribution in [0, 0.1) is 6.92 Å². The minimum Gasteiger partial charge on any atom is -0.490 e. The van der Waals surface area contributed by atoms with E-state index in [0.717, 1.165) is 49.2 Å². The van der Waals surface area contributed by atoms with Crippen LogP contribution in [-0.4, -0.2) is 29.1 Å². The van der Waals surface area contributed by atoms with Crippen LogP contribution in [-0.2, 0) is 6.54 Å². The van der Waals surface area contributed by atoms with Crippen molar-refractivity contribution in [1.29, 1.82) is 0 Å². The van der Waals surface area contributed by atoms with Crippen molar-refractivity contribution in [2.24, 2.45) is 0 Å². The van der Waals surface area contributed by atoms with Gasteiger partial charge in [-0.15, -0.1) is 0 Å².